The molecule has 0 saturated heterocycles. The maximum Gasteiger partial charge on any atom is 0.271 e. The zero-order chi connectivity index (χ0) is 13.7. The lowest BCUT2D eigenvalue weighted by Gasteiger charge is -2.01. The quantitative estimate of drug-likeness (QED) is 0.686. The zero-order valence-corrected chi connectivity index (χ0v) is 11.1. The van der Waals surface area contributed by atoms with E-state index in [0.717, 1.165) is 18.7 Å². The van der Waals surface area contributed by atoms with Gasteiger partial charge in [-0.15, -0.1) is 0 Å². The number of hydrogen-bond donors (Lipinski definition) is 3. The van der Waals surface area contributed by atoms with Crippen molar-refractivity contribution in [3.05, 3.63) is 29.7 Å². The van der Waals surface area contributed by atoms with Crippen molar-refractivity contribution in [3.63, 3.8) is 0 Å². The average Bonchev–Trinajstić information content (AvgIpc) is 3.02. The number of aromatic amines is 1. The van der Waals surface area contributed by atoms with Crippen LogP contribution in [0.25, 0.3) is 11.5 Å². The van der Waals surface area contributed by atoms with Gasteiger partial charge in [0.15, 0.2) is 11.5 Å². The molecule has 0 bridgehead atoms. The second kappa shape index (κ2) is 6.19. The maximum absolute atomic E-state index is 11.8. The molecular formula is C13H18N4O2. The molecule has 6 nitrogen and oxygen atoms in total. The van der Waals surface area contributed by atoms with Gasteiger partial charge in [-0.3, -0.25) is 9.89 Å². The predicted molar refractivity (Wildman–Crippen MR) is 71.9 cm³/mol. The van der Waals surface area contributed by atoms with E-state index >= 15 is 0 Å². The van der Waals surface area contributed by atoms with E-state index in [9.17, 15) is 4.79 Å². The smallest absolute Gasteiger partial charge is 0.271 e. The van der Waals surface area contributed by atoms with E-state index in [1.807, 2.05) is 26.1 Å². The number of amides is 1. The fourth-order valence-corrected chi connectivity index (χ4v) is 1.70. The number of aromatic nitrogens is 2. The lowest BCUT2D eigenvalue weighted by Crippen LogP contribution is -2.26. The Morgan fingerprint density at radius 2 is 2.26 bits per heavy atom. The van der Waals surface area contributed by atoms with Crippen LogP contribution in [0.5, 0.6) is 0 Å². The highest BCUT2D eigenvalue weighted by molar-refractivity contribution is 5.93. The first-order valence-corrected chi connectivity index (χ1v) is 6.25. The van der Waals surface area contributed by atoms with Crippen molar-refractivity contribution >= 4 is 5.91 Å². The SMILES string of the molecule is CNCCCNC(=O)c1cc(-c2ccc(C)o2)[nH]n1. The number of carbonyl (C=O) groups is 1. The minimum Gasteiger partial charge on any atom is -0.460 e. The van der Waals surface area contributed by atoms with Gasteiger partial charge in [-0.2, -0.15) is 5.10 Å². The molecule has 3 N–H and O–H groups in total. The molecule has 2 heterocycles. The van der Waals surface area contributed by atoms with Crippen molar-refractivity contribution in [1.29, 1.82) is 0 Å². The van der Waals surface area contributed by atoms with Gasteiger partial charge in [0.25, 0.3) is 5.91 Å². The Morgan fingerprint density at radius 1 is 1.42 bits per heavy atom. The van der Waals surface area contributed by atoms with E-state index in [-0.39, 0.29) is 5.91 Å². The van der Waals surface area contributed by atoms with Crippen LogP contribution in [0.4, 0.5) is 0 Å². The van der Waals surface area contributed by atoms with Gasteiger partial charge in [0.1, 0.15) is 11.5 Å². The van der Waals surface area contributed by atoms with Crippen molar-refractivity contribution in [2.45, 2.75) is 13.3 Å². The molecule has 0 aliphatic rings. The van der Waals surface area contributed by atoms with Gasteiger partial charge in [0, 0.05) is 12.6 Å². The molecule has 0 aliphatic carbocycles. The van der Waals surface area contributed by atoms with E-state index in [4.69, 9.17) is 4.42 Å². The zero-order valence-electron chi connectivity index (χ0n) is 11.1. The molecule has 19 heavy (non-hydrogen) atoms. The van der Waals surface area contributed by atoms with Crippen molar-refractivity contribution in [2.75, 3.05) is 20.1 Å². The number of furan rings is 1. The van der Waals surface area contributed by atoms with Crippen LogP contribution in [0.15, 0.2) is 22.6 Å². The van der Waals surface area contributed by atoms with Crippen LogP contribution in [0.1, 0.15) is 22.7 Å². The van der Waals surface area contributed by atoms with Gasteiger partial charge in [0.05, 0.1) is 0 Å². The Labute approximate surface area is 111 Å². The van der Waals surface area contributed by atoms with Crippen LogP contribution in [-0.4, -0.2) is 36.2 Å². The number of rotatable bonds is 6. The molecular weight excluding hydrogens is 244 g/mol. The normalized spacial score (nSPS) is 10.6. The molecule has 0 radical (unpaired) electrons. The molecule has 6 heteroatoms. The van der Waals surface area contributed by atoms with E-state index < -0.39 is 0 Å². The first-order valence-electron chi connectivity index (χ1n) is 6.25. The van der Waals surface area contributed by atoms with Crippen molar-refractivity contribution in [3.8, 4) is 11.5 Å². The van der Waals surface area contributed by atoms with Gasteiger partial charge in [-0.25, -0.2) is 0 Å². The molecule has 2 aromatic rings. The molecule has 2 aromatic heterocycles. The second-order valence-corrected chi connectivity index (χ2v) is 4.29. The van der Waals surface area contributed by atoms with E-state index in [1.165, 1.54) is 0 Å². The summed E-state index contributed by atoms with van der Waals surface area (Å²) in [5, 5.41) is 12.6. The topological polar surface area (TPSA) is 83.0 Å². The molecule has 2 rings (SSSR count). The largest absolute Gasteiger partial charge is 0.460 e. The Hall–Kier alpha value is -2.08. The minimum atomic E-state index is -0.179. The van der Waals surface area contributed by atoms with Gasteiger partial charge in [0.2, 0.25) is 0 Å². The molecule has 0 unspecified atom stereocenters. The molecule has 0 fully saturated rings. The van der Waals surface area contributed by atoms with Crippen LogP contribution in [0, 0.1) is 6.92 Å². The first kappa shape index (κ1) is 13.4. The van der Waals surface area contributed by atoms with Crippen LogP contribution in [0.2, 0.25) is 0 Å². The highest BCUT2D eigenvalue weighted by Gasteiger charge is 2.12. The molecule has 0 spiro atoms. The molecule has 0 aliphatic heterocycles. The summed E-state index contributed by atoms with van der Waals surface area (Å²) >= 11 is 0. The number of nitrogens with one attached hydrogen (secondary N) is 3. The van der Waals surface area contributed by atoms with Gasteiger partial charge in [-0.05, 0) is 39.1 Å². The summed E-state index contributed by atoms with van der Waals surface area (Å²) in [5.74, 6) is 1.32. The fraction of sp³-hybridized carbons (Fsp3) is 0.385. The summed E-state index contributed by atoms with van der Waals surface area (Å²) in [7, 11) is 1.88. The number of aryl methyl sites for hydroxylation is 1. The van der Waals surface area contributed by atoms with Crippen LogP contribution in [0.3, 0.4) is 0 Å². The summed E-state index contributed by atoms with van der Waals surface area (Å²) < 4.78 is 5.46. The summed E-state index contributed by atoms with van der Waals surface area (Å²) in [4.78, 5) is 11.8. The van der Waals surface area contributed by atoms with Crippen LogP contribution in [-0.2, 0) is 0 Å². The van der Waals surface area contributed by atoms with Gasteiger partial charge >= 0.3 is 0 Å². The van der Waals surface area contributed by atoms with Crippen molar-refractivity contribution < 1.29 is 9.21 Å². The number of carbonyl (C=O) groups excluding carboxylic acids is 1. The van der Waals surface area contributed by atoms with Crippen LogP contribution < -0.4 is 10.6 Å². The standard InChI is InChI=1S/C13H18N4O2/c1-9-4-5-12(19-9)10-8-11(17-16-10)13(18)15-7-3-6-14-2/h4-5,8,14H,3,6-7H2,1-2H3,(H,15,18)(H,16,17). The first-order chi connectivity index (χ1) is 9.20. The van der Waals surface area contributed by atoms with Crippen molar-refractivity contribution in [1.82, 2.24) is 20.8 Å². The molecule has 102 valence electrons. The number of H-pyrrole nitrogens is 1. The van der Waals surface area contributed by atoms with Crippen LogP contribution >= 0.6 is 0 Å². The minimum absolute atomic E-state index is 0.179. The molecule has 0 aromatic carbocycles. The van der Waals surface area contributed by atoms with E-state index in [2.05, 4.69) is 20.8 Å². The van der Waals surface area contributed by atoms with E-state index in [0.29, 0.717) is 23.7 Å². The average molecular weight is 262 g/mol. The summed E-state index contributed by atoms with van der Waals surface area (Å²) in [6.07, 6.45) is 0.886. The number of hydrogen-bond acceptors (Lipinski definition) is 4. The Bertz CT molecular complexity index is 544. The third-order valence-corrected chi connectivity index (χ3v) is 2.71. The summed E-state index contributed by atoms with van der Waals surface area (Å²) in [5.41, 5.74) is 1.07. The van der Waals surface area contributed by atoms with Crippen molar-refractivity contribution in [2.24, 2.45) is 0 Å². The summed E-state index contributed by atoms with van der Waals surface area (Å²) in [6, 6.07) is 5.40. The van der Waals surface area contributed by atoms with Gasteiger partial charge in [-0.1, -0.05) is 0 Å². The van der Waals surface area contributed by atoms with Gasteiger partial charge < -0.3 is 15.1 Å². The number of nitrogens with zero attached hydrogens (tertiary/aromatic N) is 1. The molecule has 1 amide bonds. The summed E-state index contributed by atoms with van der Waals surface area (Å²) in [6.45, 7) is 3.37. The fourth-order valence-electron chi connectivity index (χ4n) is 1.70. The third-order valence-electron chi connectivity index (χ3n) is 2.71. The third kappa shape index (κ3) is 3.45. The Kier molecular flexibility index (Phi) is 4.35. The highest BCUT2D eigenvalue weighted by Crippen LogP contribution is 2.20. The van der Waals surface area contributed by atoms with E-state index in [1.54, 1.807) is 6.07 Å². The highest BCUT2D eigenvalue weighted by atomic mass is 16.3. The monoisotopic (exact) mass is 262 g/mol. The second-order valence-electron chi connectivity index (χ2n) is 4.29. The predicted octanol–water partition coefficient (Wildman–Crippen LogP) is 1.32. The Balaban J connectivity index is 1.95. The molecule has 0 atom stereocenters. The lowest BCUT2D eigenvalue weighted by atomic mass is 10.3. The molecule has 0 saturated carbocycles. The lowest BCUT2D eigenvalue weighted by molar-refractivity contribution is 0.0948. The Morgan fingerprint density at radius 3 is 2.95 bits per heavy atom. The maximum atomic E-state index is 11.8.